The van der Waals surface area contributed by atoms with E-state index in [0.29, 0.717) is 12.8 Å². The zero-order chi connectivity index (χ0) is 17.1. The van der Waals surface area contributed by atoms with E-state index in [1.165, 1.54) is 7.11 Å². The Bertz CT molecular complexity index is 633. The quantitative estimate of drug-likeness (QED) is 0.838. The summed E-state index contributed by atoms with van der Waals surface area (Å²) in [6.07, 6.45) is 1.21. The molecule has 128 valence electrons. The highest BCUT2D eigenvalue weighted by atomic mass is 16.5. The maximum atomic E-state index is 12.5. The van der Waals surface area contributed by atoms with Gasteiger partial charge in [0.1, 0.15) is 18.7 Å². The Morgan fingerprint density at radius 1 is 1.25 bits per heavy atom. The van der Waals surface area contributed by atoms with Gasteiger partial charge in [-0.2, -0.15) is 0 Å². The molecule has 2 saturated heterocycles. The predicted octanol–water partition coefficient (Wildman–Crippen LogP) is 1.22. The second kappa shape index (κ2) is 6.90. The van der Waals surface area contributed by atoms with Crippen molar-refractivity contribution in [3.05, 3.63) is 35.9 Å². The van der Waals surface area contributed by atoms with Gasteiger partial charge < -0.3 is 19.7 Å². The standard InChI is InChI=1S/C17H20N2O5/c1-23-16(21)14-8-7-12-9-13(15(20)19(12)14)18-17(22)24-10-11-5-3-2-4-6-11/h2-6,12-14H,7-10H2,1H3,(H,18,22)/t12-,13?,14-/m0/s1. The molecule has 2 heterocycles. The van der Waals surface area contributed by atoms with Gasteiger partial charge >= 0.3 is 12.1 Å². The van der Waals surface area contributed by atoms with Gasteiger partial charge in [0.2, 0.25) is 5.91 Å². The van der Waals surface area contributed by atoms with Crippen LogP contribution in [0.15, 0.2) is 30.3 Å². The first kappa shape index (κ1) is 16.3. The maximum absolute atomic E-state index is 12.5. The van der Waals surface area contributed by atoms with Gasteiger partial charge in [-0.1, -0.05) is 30.3 Å². The average molecular weight is 332 g/mol. The van der Waals surface area contributed by atoms with Crippen LogP contribution in [-0.2, 0) is 25.7 Å². The fraction of sp³-hybridized carbons (Fsp3) is 0.471. The van der Waals surface area contributed by atoms with Crippen molar-refractivity contribution in [1.29, 1.82) is 0 Å². The molecule has 0 aromatic heterocycles. The lowest BCUT2D eigenvalue weighted by atomic mass is 10.1. The molecule has 1 aromatic carbocycles. The number of hydrogen-bond acceptors (Lipinski definition) is 5. The minimum Gasteiger partial charge on any atom is -0.467 e. The van der Waals surface area contributed by atoms with Gasteiger partial charge in [0.05, 0.1) is 7.11 Å². The van der Waals surface area contributed by atoms with Crippen LogP contribution in [0, 0.1) is 0 Å². The number of methoxy groups -OCH3 is 1. The lowest BCUT2D eigenvalue weighted by Gasteiger charge is -2.22. The molecular formula is C17H20N2O5. The number of amides is 2. The summed E-state index contributed by atoms with van der Waals surface area (Å²) in [5, 5.41) is 2.60. The Labute approximate surface area is 139 Å². The van der Waals surface area contributed by atoms with E-state index in [4.69, 9.17) is 9.47 Å². The average Bonchev–Trinajstić information content (AvgIpc) is 3.14. The van der Waals surface area contributed by atoms with Crippen LogP contribution < -0.4 is 5.32 Å². The highest BCUT2D eigenvalue weighted by Crippen LogP contribution is 2.34. The summed E-state index contributed by atoms with van der Waals surface area (Å²) < 4.78 is 9.89. The van der Waals surface area contributed by atoms with E-state index in [2.05, 4.69) is 5.32 Å². The van der Waals surface area contributed by atoms with Crippen LogP contribution in [0.3, 0.4) is 0 Å². The molecule has 3 atom stereocenters. The lowest BCUT2D eigenvalue weighted by molar-refractivity contribution is -0.150. The SMILES string of the molecule is COC(=O)[C@@H]1CC[C@H]2CC(NC(=O)OCc3ccccc3)C(=O)N21. The van der Waals surface area contributed by atoms with E-state index in [1.54, 1.807) is 4.90 Å². The Morgan fingerprint density at radius 3 is 2.71 bits per heavy atom. The number of nitrogens with one attached hydrogen (secondary N) is 1. The van der Waals surface area contributed by atoms with Crippen LogP contribution >= 0.6 is 0 Å². The van der Waals surface area contributed by atoms with Gasteiger partial charge in [-0.25, -0.2) is 9.59 Å². The number of benzene rings is 1. The Balaban J connectivity index is 1.54. The number of alkyl carbamates (subject to hydrolysis) is 1. The third-order valence-electron chi connectivity index (χ3n) is 4.54. The second-order valence-corrected chi connectivity index (χ2v) is 6.01. The summed E-state index contributed by atoms with van der Waals surface area (Å²) in [5.74, 6) is -0.650. The summed E-state index contributed by atoms with van der Waals surface area (Å²) in [5.41, 5.74) is 0.872. The molecule has 7 heteroatoms. The number of nitrogens with zero attached hydrogens (tertiary/aromatic N) is 1. The van der Waals surface area contributed by atoms with Crippen LogP contribution in [0.25, 0.3) is 0 Å². The normalized spacial score (nSPS) is 25.3. The molecule has 2 aliphatic heterocycles. The van der Waals surface area contributed by atoms with Crippen LogP contribution in [0.4, 0.5) is 4.79 Å². The molecule has 1 aromatic rings. The van der Waals surface area contributed by atoms with Gasteiger partial charge in [-0.05, 0) is 24.8 Å². The number of rotatable bonds is 4. The molecule has 0 spiro atoms. The molecule has 1 unspecified atom stereocenters. The lowest BCUT2D eigenvalue weighted by Crippen LogP contribution is -2.46. The Hall–Kier alpha value is -2.57. The minimum absolute atomic E-state index is 0.0268. The molecule has 0 radical (unpaired) electrons. The maximum Gasteiger partial charge on any atom is 0.408 e. The van der Waals surface area contributed by atoms with E-state index in [9.17, 15) is 14.4 Å². The number of esters is 1. The molecule has 24 heavy (non-hydrogen) atoms. The van der Waals surface area contributed by atoms with Crippen LogP contribution in [0.1, 0.15) is 24.8 Å². The summed E-state index contributed by atoms with van der Waals surface area (Å²) >= 11 is 0. The van der Waals surface area contributed by atoms with Crippen LogP contribution in [-0.4, -0.2) is 48.1 Å². The van der Waals surface area contributed by atoms with Crippen molar-refractivity contribution in [3.63, 3.8) is 0 Å². The van der Waals surface area contributed by atoms with Crippen molar-refractivity contribution in [2.45, 2.75) is 44.0 Å². The van der Waals surface area contributed by atoms with Crippen molar-refractivity contribution in [3.8, 4) is 0 Å². The fourth-order valence-corrected chi connectivity index (χ4v) is 3.40. The molecule has 2 amide bonds. The van der Waals surface area contributed by atoms with Crippen LogP contribution in [0.5, 0.6) is 0 Å². The number of carbonyl (C=O) groups is 3. The van der Waals surface area contributed by atoms with Gasteiger partial charge in [0.25, 0.3) is 0 Å². The second-order valence-electron chi connectivity index (χ2n) is 6.01. The van der Waals surface area contributed by atoms with Crippen molar-refractivity contribution >= 4 is 18.0 Å². The number of hydrogen-bond donors (Lipinski definition) is 1. The van der Waals surface area contributed by atoms with E-state index in [0.717, 1.165) is 12.0 Å². The molecule has 1 N–H and O–H groups in total. The Kier molecular flexibility index (Phi) is 4.69. The molecule has 0 bridgehead atoms. The first-order valence-electron chi connectivity index (χ1n) is 7.97. The highest BCUT2D eigenvalue weighted by Gasteiger charge is 2.50. The molecule has 0 saturated carbocycles. The summed E-state index contributed by atoms with van der Waals surface area (Å²) in [4.78, 5) is 37.7. The largest absolute Gasteiger partial charge is 0.467 e. The number of fused-ring (bicyclic) bond motifs is 1. The van der Waals surface area contributed by atoms with E-state index < -0.39 is 24.1 Å². The van der Waals surface area contributed by atoms with Crippen molar-refractivity contribution in [2.75, 3.05) is 7.11 Å². The first-order valence-corrected chi connectivity index (χ1v) is 7.97. The van der Waals surface area contributed by atoms with Crippen molar-refractivity contribution in [1.82, 2.24) is 10.2 Å². The number of ether oxygens (including phenoxy) is 2. The summed E-state index contributed by atoms with van der Waals surface area (Å²) in [6.45, 7) is 0.144. The predicted molar refractivity (Wildman–Crippen MR) is 83.8 cm³/mol. The molecular weight excluding hydrogens is 312 g/mol. The molecule has 0 aliphatic carbocycles. The Morgan fingerprint density at radius 2 is 2.00 bits per heavy atom. The van der Waals surface area contributed by atoms with Gasteiger partial charge in [0, 0.05) is 6.04 Å². The first-order chi connectivity index (χ1) is 11.6. The fourth-order valence-electron chi connectivity index (χ4n) is 3.40. The third-order valence-corrected chi connectivity index (χ3v) is 4.54. The highest BCUT2D eigenvalue weighted by molar-refractivity contribution is 5.92. The topological polar surface area (TPSA) is 84.9 Å². The molecule has 2 fully saturated rings. The third kappa shape index (κ3) is 3.20. The molecule has 2 aliphatic rings. The zero-order valence-electron chi connectivity index (χ0n) is 13.4. The van der Waals surface area contributed by atoms with Gasteiger partial charge in [0.15, 0.2) is 0 Å². The molecule has 3 rings (SSSR count). The van der Waals surface area contributed by atoms with Gasteiger partial charge in [-0.3, -0.25) is 4.79 Å². The minimum atomic E-state index is -0.647. The van der Waals surface area contributed by atoms with E-state index >= 15 is 0 Å². The van der Waals surface area contributed by atoms with E-state index in [-0.39, 0.29) is 18.6 Å². The van der Waals surface area contributed by atoms with Gasteiger partial charge in [-0.15, -0.1) is 0 Å². The van der Waals surface area contributed by atoms with Crippen molar-refractivity contribution in [2.24, 2.45) is 0 Å². The van der Waals surface area contributed by atoms with E-state index in [1.807, 2.05) is 30.3 Å². The van der Waals surface area contributed by atoms with Crippen molar-refractivity contribution < 1.29 is 23.9 Å². The van der Waals surface area contributed by atoms with Crippen LogP contribution in [0.2, 0.25) is 0 Å². The smallest absolute Gasteiger partial charge is 0.408 e. The summed E-state index contributed by atoms with van der Waals surface area (Å²) in [7, 11) is 1.31. The number of carbonyl (C=O) groups excluding carboxylic acids is 3. The monoisotopic (exact) mass is 332 g/mol. The zero-order valence-corrected chi connectivity index (χ0v) is 13.4. The summed E-state index contributed by atoms with van der Waals surface area (Å²) in [6, 6.07) is 8.09. The molecule has 7 nitrogen and oxygen atoms in total.